The van der Waals surface area contributed by atoms with Crippen LogP contribution in [0.4, 0.5) is 0 Å². The molecule has 1 rings (SSSR count). The van der Waals surface area contributed by atoms with E-state index in [0.29, 0.717) is 11.8 Å². The van der Waals surface area contributed by atoms with Crippen LogP contribution in [0.3, 0.4) is 0 Å². The predicted octanol–water partition coefficient (Wildman–Crippen LogP) is 3.55. The Bertz CT molecular complexity index is 282. The minimum atomic E-state index is -0.0925. The van der Waals surface area contributed by atoms with E-state index in [1.54, 1.807) is 0 Å². The van der Waals surface area contributed by atoms with Gasteiger partial charge in [-0.05, 0) is 37.7 Å². The second-order valence-corrected chi connectivity index (χ2v) is 5.45. The molecule has 0 heterocycles. The quantitative estimate of drug-likeness (QED) is 0.799. The summed E-state index contributed by atoms with van der Waals surface area (Å²) in [6.45, 7) is 8.74. The van der Waals surface area contributed by atoms with Crippen LogP contribution < -0.4 is 5.73 Å². The van der Waals surface area contributed by atoms with E-state index in [-0.39, 0.29) is 5.54 Å². The molecular formula is C14H23N. The molecule has 84 valence electrons. The molecule has 0 radical (unpaired) electrons. The fraction of sp³-hybridized carbons (Fsp3) is 0.571. The molecule has 1 aromatic carbocycles. The van der Waals surface area contributed by atoms with E-state index in [2.05, 4.69) is 58.0 Å². The third kappa shape index (κ3) is 4.05. The Kier molecular flexibility index (Phi) is 3.92. The summed E-state index contributed by atoms with van der Waals surface area (Å²) >= 11 is 0. The van der Waals surface area contributed by atoms with E-state index in [9.17, 15) is 0 Å². The van der Waals surface area contributed by atoms with Crippen LogP contribution in [0.15, 0.2) is 30.3 Å². The molecule has 0 aliphatic carbocycles. The Morgan fingerprint density at radius 2 is 1.67 bits per heavy atom. The van der Waals surface area contributed by atoms with Gasteiger partial charge in [-0.15, -0.1) is 0 Å². The minimum absolute atomic E-state index is 0.0925. The van der Waals surface area contributed by atoms with E-state index in [1.807, 2.05) is 0 Å². The molecule has 0 saturated heterocycles. The summed E-state index contributed by atoms with van der Waals surface area (Å²) in [5.41, 5.74) is 7.43. The smallest absolute Gasteiger partial charge is 0.0103 e. The zero-order chi connectivity index (χ0) is 11.5. The van der Waals surface area contributed by atoms with Gasteiger partial charge in [0.05, 0.1) is 0 Å². The molecule has 1 atom stereocenters. The number of benzene rings is 1. The van der Waals surface area contributed by atoms with Gasteiger partial charge in [0, 0.05) is 5.54 Å². The molecule has 0 spiro atoms. The van der Waals surface area contributed by atoms with Crippen molar-refractivity contribution in [3.05, 3.63) is 35.9 Å². The Morgan fingerprint density at radius 1 is 1.13 bits per heavy atom. The van der Waals surface area contributed by atoms with Crippen molar-refractivity contribution in [2.24, 2.45) is 11.7 Å². The molecule has 15 heavy (non-hydrogen) atoms. The van der Waals surface area contributed by atoms with E-state index in [0.717, 1.165) is 6.42 Å². The summed E-state index contributed by atoms with van der Waals surface area (Å²) in [7, 11) is 0. The van der Waals surface area contributed by atoms with Gasteiger partial charge in [-0.3, -0.25) is 0 Å². The molecule has 0 aromatic heterocycles. The zero-order valence-corrected chi connectivity index (χ0v) is 10.3. The first-order chi connectivity index (χ1) is 6.90. The molecule has 0 aliphatic heterocycles. The first-order valence-corrected chi connectivity index (χ1v) is 5.74. The fourth-order valence-electron chi connectivity index (χ4n) is 2.01. The van der Waals surface area contributed by atoms with Gasteiger partial charge < -0.3 is 5.73 Å². The first kappa shape index (κ1) is 12.3. The highest BCUT2D eigenvalue weighted by atomic mass is 14.7. The third-order valence-electron chi connectivity index (χ3n) is 2.78. The van der Waals surface area contributed by atoms with Gasteiger partial charge in [0.25, 0.3) is 0 Å². The molecule has 1 nitrogen and oxygen atoms in total. The number of nitrogens with two attached hydrogens (primary N) is 1. The molecule has 0 fully saturated rings. The maximum Gasteiger partial charge on any atom is 0.0103 e. The van der Waals surface area contributed by atoms with Gasteiger partial charge in [-0.1, -0.05) is 44.2 Å². The van der Waals surface area contributed by atoms with Crippen molar-refractivity contribution in [2.75, 3.05) is 0 Å². The van der Waals surface area contributed by atoms with Crippen molar-refractivity contribution in [1.82, 2.24) is 0 Å². The van der Waals surface area contributed by atoms with Crippen molar-refractivity contribution in [3.8, 4) is 0 Å². The van der Waals surface area contributed by atoms with Crippen molar-refractivity contribution in [3.63, 3.8) is 0 Å². The second-order valence-electron chi connectivity index (χ2n) is 5.45. The van der Waals surface area contributed by atoms with Crippen LogP contribution in [0, 0.1) is 5.92 Å². The standard InChI is InChI=1S/C14H23N/c1-11(2)13(10-14(3,4)15)12-8-6-5-7-9-12/h5-9,11,13H,10,15H2,1-4H3. The van der Waals surface area contributed by atoms with Gasteiger partial charge in [-0.25, -0.2) is 0 Å². The highest BCUT2D eigenvalue weighted by Gasteiger charge is 2.22. The average Bonchev–Trinajstić information content (AvgIpc) is 2.14. The zero-order valence-electron chi connectivity index (χ0n) is 10.3. The molecule has 0 aliphatic rings. The average molecular weight is 205 g/mol. The monoisotopic (exact) mass is 205 g/mol. The molecular weight excluding hydrogens is 182 g/mol. The largest absolute Gasteiger partial charge is 0.326 e. The first-order valence-electron chi connectivity index (χ1n) is 5.74. The predicted molar refractivity (Wildman–Crippen MR) is 66.9 cm³/mol. The lowest BCUT2D eigenvalue weighted by molar-refractivity contribution is 0.364. The molecule has 1 unspecified atom stereocenters. The van der Waals surface area contributed by atoms with E-state index in [1.165, 1.54) is 5.56 Å². The Balaban J connectivity index is 2.85. The number of hydrogen-bond donors (Lipinski definition) is 1. The van der Waals surface area contributed by atoms with Crippen LogP contribution in [-0.4, -0.2) is 5.54 Å². The Morgan fingerprint density at radius 3 is 2.07 bits per heavy atom. The van der Waals surface area contributed by atoms with Gasteiger partial charge in [0.1, 0.15) is 0 Å². The van der Waals surface area contributed by atoms with Crippen LogP contribution in [0.1, 0.15) is 45.6 Å². The van der Waals surface area contributed by atoms with Crippen LogP contribution >= 0.6 is 0 Å². The van der Waals surface area contributed by atoms with Crippen molar-refractivity contribution < 1.29 is 0 Å². The van der Waals surface area contributed by atoms with Gasteiger partial charge in [0.2, 0.25) is 0 Å². The molecule has 1 aromatic rings. The Hall–Kier alpha value is -0.820. The lowest BCUT2D eigenvalue weighted by Gasteiger charge is -2.29. The van der Waals surface area contributed by atoms with Gasteiger partial charge in [0.15, 0.2) is 0 Å². The van der Waals surface area contributed by atoms with Gasteiger partial charge in [-0.2, -0.15) is 0 Å². The summed E-state index contributed by atoms with van der Waals surface area (Å²) in [6.07, 6.45) is 1.04. The minimum Gasteiger partial charge on any atom is -0.326 e. The van der Waals surface area contributed by atoms with Crippen molar-refractivity contribution in [1.29, 1.82) is 0 Å². The molecule has 0 bridgehead atoms. The Labute approximate surface area is 93.7 Å². The van der Waals surface area contributed by atoms with E-state index >= 15 is 0 Å². The summed E-state index contributed by atoms with van der Waals surface area (Å²) in [6, 6.07) is 10.7. The van der Waals surface area contributed by atoms with E-state index < -0.39 is 0 Å². The van der Waals surface area contributed by atoms with Crippen molar-refractivity contribution in [2.45, 2.75) is 45.6 Å². The summed E-state index contributed by atoms with van der Waals surface area (Å²) < 4.78 is 0. The number of hydrogen-bond acceptors (Lipinski definition) is 1. The molecule has 1 heteroatoms. The molecule has 0 amide bonds. The lowest BCUT2D eigenvalue weighted by atomic mass is 9.80. The van der Waals surface area contributed by atoms with Crippen LogP contribution in [0.2, 0.25) is 0 Å². The van der Waals surface area contributed by atoms with Crippen molar-refractivity contribution >= 4 is 0 Å². The van der Waals surface area contributed by atoms with Crippen LogP contribution in [-0.2, 0) is 0 Å². The SMILES string of the molecule is CC(C)C(CC(C)(C)N)c1ccccc1. The second kappa shape index (κ2) is 4.80. The molecule has 0 saturated carbocycles. The highest BCUT2D eigenvalue weighted by molar-refractivity contribution is 5.20. The summed E-state index contributed by atoms with van der Waals surface area (Å²) in [4.78, 5) is 0. The van der Waals surface area contributed by atoms with Crippen LogP contribution in [0.5, 0.6) is 0 Å². The summed E-state index contributed by atoms with van der Waals surface area (Å²) in [5, 5.41) is 0. The van der Waals surface area contributed by atoms with E-state index in [4.69, 9.17) is 5.73 Å². The fourth-order valence-corrected chi connectivity index (χ4v) is 2.01. The molecule has 2 N–H and O–H groups in total. The summed E-state index contributed by atoms with van der Waals surface area (Å²) in [5.74, 6) is 1.20. The maximum atomic E-state index is 6.11. The third-order valence-corrected chi connectivity index (χ3v) is 2.78. The number of rotatable bonds is 4. The normalized spacial score (nSPS) is 14.3. The van der Waals surface area contributed by atoms with Gasteiger partial charge >= 0.3 is 0 Å². The van der Waals surface area contributed by atoms with Crippen LogP contribution in [0.25, 0.3) is 0 Å². The highest BCUT2D eigenvalue weighted by Crippen LogP contribution is 2.31. The lowest BCUT2D eigenvalue weighted by Crippen LogP contribution is -2.34. The maximum absolute atomic E-state index is 6.11. The topological polar surface area (TPSA) is 26.0 Å².